The molecule has 17 heavy (non-hydrogen) atoms. The van der Waals surface area contributed by atoms with Gasteiger partial charge in [-0.05, 0) is 17.7 Å². The lowest BCUT2D eigenvalue weighted by Crippen LogP contribution is -2.29. The van der Waals surface area contributed by atoms with Crippen molar-refractivity contribution in [2.75, 3.05) is 14.1 Å². The molecule has 0 spiro atoms. The summed E-state index contributed by atoms with van der Waals surface area (Å²) in [6.07, 6.45) is 1.82. The molecule has 0 fully saturated rings. The molecule has 2 aromatic rings. The number of thiazole rings is 1. The van der Waals surface area contributed by atoms with Gasteiger partial charge < -0.3 is 0 Å². The largest absolute Gasteiger partial charge is 0.250 e. The Kier molecular flexibility index (Phi) is 3.83. The standard InChI is InChI=1S/C12H14FN3S/c1-16(2)15-8-12-14-7-11(17-12)9-3-5-10(13)6-4-9/h3-7,15H,8H2,1-2H3. The molecule has 1 heterocycles. The van der Waals surface area contributed by atoms with Crippen molar-refractivity contribution in [2.45, 2.75) is 6.54 Å². The Balaban J connectivity index is 2.10. The number of nitrogens with zero attached hydrogens (tertiary/aromatic N) is 2. The monoisotopic (exact) mass is 251 g/mol. The second-order valence-corrected chi connectivity index (χ2v) is 4.97. The van der Waals surface area contributed by atoms with Gasteiger partial charge in [0.15, 0.2) is 0 Å². The zero-order valence-corrected chi connectivity index (χ0v) is 10.6. The van der Waals surface area contributed by atoms with Crippen LogP contribution in [0.2, 0.25) is 0 Å². The Bertz CT molecular complexity index is 479. The van der Waals surface area contributed by atoms with E-state index in [1.54, 1.807) is 23.5 Å². The number of aromatic nitrogens is 1. The molecule has 0 aliphatic heterocycles. The van der Waals surface area contributed by atoms with E-state index in [-0.39, 0.29) is 5.82 Å². The number of halogens is 1. The molecule has 5 heteroatoms. The molecule has 1 aromatic carbocycles. The average molecular weight is 251 g/mol. The predicted octanol–water partition coefficient (Wildman–Crippen LogP) is 2.52. The molecular weight excluding hydrogens is 237 g/mol. The lowest BCUT2D eigenvalue weighted by molar-refractivity contribution is 0.286. The average Bonchev–Trinajstić information content (AvgIpc) is 2.76. The van der Waals surface area contributed by atoms with E-state index in [1.165, 1.54) is 12.1 Å². The maximum atomic E-state index is 12.8. The first-order chi connectivity index (χ1) is 8.15. The molecule has 0 radical (unpaired) electrons. The van der Waals surface area contributed by atoms with Crippen LogP contribution in [-0.2, 0) is 6.54 Å². The van der Waals surface area contributed by atoms with Crippen molar-refractivity contribution < 1.29 is 4.39 Å². The first-order valence-electron chi connectivity index (χ1n) is 5.26. The van der Waals surface area contributed by atoms with Crippen LogP contribution in [0.25, 0.3) is 10.4 Å². The van der Waals surface area contributed by atoms with Gasteiger partial charge >= 0.3 is 0 Å². The van der Waals surface area contributed by atoms with Crippen LogP contribution in [0, 0.1) is 5.82 Å². The molecule has 90 valence electrons. The van der Waals surface area contributed by atoms with Gasteiger partial charge in [0, 0.05) is 20.3 Å². The second kappa shape index (κ2) is 5.35. The Morgan fingerprint density at radius 2 is 2.00 bits per heavy atom. The number of hydrazine groups is 1. The van der Waals surface area contributed by atoms with Gasteiger partial charge in [-0.2, -0.15) is 0 Å². The van der Waals surface area contributed by atoms with Crippen molar-refractivity contribution in [1.29, 1.82) is 0 Å². The van der Waals surface area contributed by atoms with Gasteiger partial charge in [-0.3, -0.25) is 5.01 Å². The van der Waals surface area contributed by atoms with E-state index in [2.05, 4.69) is 10.4 Å². The highest BCUT2D eigenvalue weighted by molar-refractivity contribution is 7.15. The first kappa shape index (κ1) is 12.2. The fourth-order valence-corrected chi connectivity index (χ4v) is 2.22. The quantitative estimate of drug-likeness (QED) is 0.846. The summed E-state index contributed by atoms with van der Waals surface area (Å²) in [5, 5.41) is 2.90. The molecule has 0 aliphatic carbocycles. The molecule has 0 bridgehead atoms. The van der Waals surface area contributed by atoms with Gasteiger partial charge in [-0.1, -0.05) is 12.1 Å². The minimum atomic E-state index is -0.215. The van der Waals surface area contributed by atoms with Gasteiger partial charge in [0.2, 0.25) is 0 Å². The van der Waals surface area contributed by atoms with Crippen molar-refractivity contribution in [2.24, 2.45) is 0 Å². The maximum absolute atomic E-state index is 12.8. The third kappa shape index (κ3) is 3.33. The van der Waals surface area contributed by atoms with Crippen LogP contribution in [-0.4, -0.2) is 24.1 Å². The molecule has 0 saturated heterocycles. The molecule has 0 aliphatic rings. The van der Waals surface area contributed by atoms with Gasteiger partial charge in [0.05, 0.1) is 11.4 Å². The van der Waals surface area contributed by atoms with Crippen LogP contribution in [0.5, 0.6) is 0 Å². The summed E-state index contributed by atoms with van der Waals surface area (Å²) in [4.78, 5) is 5.38. The highest BCUT2D eigenvalue weighted by atomic mass is 32.1. The Morgan fingerprint density at radius 3 is 2.65 bits per heavy atom. The fourth-order valence-electron chi connectivity index (χ4n) is 1.37. The highest BCUT2D eigenvalue weighted by Gasteiger charge is 2.04. The van der Waals surface area contributed by atoms with Gasteiger partial charge in [-0.25, -0.2) is 14.8 Å². The van der Waals surface area contributed by atoms with Gasteiger partial charge in [0.1, 0.15) is 10.8 Å². The topological polar surface area (TPSA) is 28.2 Å². The van der Waals surface area contributed by atoms with Gasteiger partial charge in [-0.15, -0.1) is 11.3 Å². The van der Waals surface area contributed by atoms with E-state index >= 15 is 0 Å². The van der Waals surface area contributed by atoms with E-state index < -0.39 is 0 Å². The lowest BCUT2D eigenvalue weighted by Gasteiger charge is -2.09. The normalized spacial score (nSPS) is 11.1. The summed E-state index contributed by atoms with van der Waals surface area (Å²) in [5.41, 5.74) is 4.16. The van der Waals surface area contributed by atoms with E-state index in [0.29, 0.717) is 6.54 Å². The Morgan fingerprint density at radius 1 is 1.29 bits per heavy atom. The summed E-state index contributed by atoms with van der Waals surface area (Å²) >= 11 is 1.61. The molecule has 1 aromatic heterocycles. The number of hydrogen-bond donors (Lipinski definition) is 1. The molecule has 2 rings (SSSR count). The minimum absolute atomic E-state index is 0.215. The van der Waals surface area contributed by atoms with E-state index in [9.17, 15) is 4.39 Å². The van der Waals surface area contributed by atoms with E-state index in [1.807, 2.05) is 25.3 Å². The summed E-state index contributed by atoms with van der Waals surface area (Å²) in [6.45, 7) is 0.707. The number of benzene rings is 1. The van der Waals surface area contributed by atoms with Crippen molar-refractivity contribution in [1.82, 2.24) is 15.4 Å². The summed E-state index contributed by atoms with van der Waals surface area (Å²) in [6, 6.07) is 6.47. The van der Waals surface area contributed by atoms with E-state index in [0.717, 1.165) is 15.4 Å². The molecule has 3 nitrogen and oxygen atoms in total. The second-order valence-electron chi connectivity index (χ2n) is 3.85. The minimum Gasteiger partial charge on any atom is -0.250 e. The summed E-state index contributed by atoms with van der Waals surface area (Å²) in [5.74, 6) is -0.215. The number of hydrogen-bond acceptors (Lipinski definition) is 4. The zero-order chi connectivity index (χ0) is 12.3. The third-order valence-corrected chi connectivity index (χ3v) is 3.28. The van der Waals surface area contributed by atoms with Crippen LogP contribution >= 0.6 is 11.3 Å². The summed E-state index contributed by atoms with van der Waals surface area (Å²) < 4.78 is 12.8. The zero-order valence-electron chi connectivity index (χ0n) is 9.77. The van der Waals surface area contributed by atoms with Crippen LogP contribution in [0.4, 0.5) is 4.39 Å². The van der Waals surface area contributed by atoms with E-state index in [4.69, 9.17) is 0 Å². The first-order valence-corrected chi connectivity index (χ1v) is 6.08. The van der Waals surface area contributed by atoms with Crippen LogP contribution in [0.1, 0.15) is 5.01 Å². The van der Waals surface area contributed by atoms with Crippen LogP contribution in [0.3, 0.4) is 0 Å². The van der Waals surface area contributed by atoms with Crippen molar-refractivity contribution in [3.63, 3.8) is 0 Å². The molecule has 0 amide bonds. The molecule has 0 saturated carbocycles. The molecule has 1 N–H and O–H groups in total. The molecule has 0 unspecified atom stereocenters. The van der Waals surface area contributed by atoms with Gasteiger partial charge in [0.25, 0.3) is 0 Å². The third-order valence-electron chi connectivity index (χ3n) is 2.23. The van der Waals surface area contributed by atoms with Crippen molar-refractivity contribution >= 4 is 11.3 Å². The predicted molar refractivity (Wildman–Crippen MR) is 68.0 cm³/mol. The van der Waals surface area contributed by atoms with Crippen LogP contribution < -0.4 is 5.43 Å². The molecular formula is C12H14FN3S. The number of rotatable bonds is 4. The smallest absolute Gasteiger partial charge is 0.123 e. The lowest BCUT2D eigenvalue weighted by atomic mass is 10.2. The SMILES string of the molecule is CN(C)NCc1ncc(-c2ccc(F)cc2)s1. The van der Waals surface area contributed by atoms with Crippen molar-refractivity contribution in [3.05, 3.63) is 41.3 Å². The Hall–Kier alpha value is -1.30. The Labute approximate surface area is 104 Å². The summed E-state index contributed by atoms with van der Waals surface area (Å²) in [7, 11) is 3.88. The number of nitrogens with one attached hydrogen (secondary N) is 1. The highest BCUT2D eigenvalue weighted by Crippen LogP contribution is 2.26. The fraction of sp³-hybridized carbons (Fsp3) is 0.250. The molecule has 0 atom stereocenters. The maximum Gasteiger partial charge on any atom is 0.123 e. The van der Waals surface area contributed by atoms with Crippen LogP contribution in [0.15, 0.2) is 30.5 Å². The van der Waals surface area contributed by atoms with Crippen molar-refractivity contribution in [3.8, 4) is 10.4 Å².